The highest BCUT2D eigenvalue weighted by Crippen LogP contribution is 2.12. The smallest absolute Gasteiger partial charge is 0.330 e. The molecule has 0 fully saturated rings. The van der Waals surface area contributed by atoms with Gasteiger partial charge in [-0.1, -0.05) is 86.8 Å². The van der Waals surface area contributed by atoms with Gasteiger partial charge in [0, 0.05) is 9.73 Å². The number of carbonyl (C=O) groups is 2. The number of thiocarbonyl (C=S) groups is 2. The van der Waals surface area contributed by atoms with Gasteiger partial charge in [-0.2, -0.15) is 0 Å². The Morgan fingerprint density at radius 2 is 1.06 bits per heavy atom. The first-order valence-corrected chi connectivity index (χ1v) is 11.1. The summed E-state index contributed by atoms with van der Waals surface area (Å²) in [4.78, 5) is 26.2. The highest BCUT2D eigenvalue weighted by Gasteiger charge is 2.23. The van der Waals surface area contributed by atoms with Crippen LogP contribution in [0.15, 0.2) is 48.5 Å². The fourth-order valence-electron chi connectivity index (χ4n) is 2.99. The number of hydrogen-bond acceptors (Lipinski definition) is 7. The second-order valence-electron chi connectivity index (χ2n) is 7.31. The predicted octanol–water partition coefficient (Wildman–Crippen LogP) is 3.45. The number of esters is 2. The van der Waals surface area contributed by atoms with Crippen LogP contribution in [0.25, 0.3) is 0 Å². The lowest BCUT2D eigenvalue weighted by molar-refractivity contribution is -0.161. The molecule has 0 saturated carbocycles. The molecular formula is C24H28N2O3S2. The Morgan fingerprint density at radius 3 is 1.35 bits per heavy atom. The summed E-state index contributed by atoms with van der Waals surface area (Å²) in [5.74, 6) is -1.59. The maximum absolute atomic E-state index is 12.2. The fraction of sp³-hybridized carbons (Fsp3) is 0.333. The van der Waals surface area contributed by atoms with E-state index in [1.54, 1.807) is 0 Å². The molecule has 2 rings (SSSR count). The van der Waals surface area contributed by atoms with Crippen molar-refractivity contribution < 1.29 is 14.3 Å². The number of carbonyl (C=O) groups excluding carboxylic acids is 2. The predicted molar refractivity (Wildman–Crippen MR) is 131 cm³/mol. The molecule has 0 amide bonds. The van der Waals surface area contributed by atoms with Crippen LogP contribution in [0, 0.1) is 0 Å². The second kappa shape index (κ2) is 11.9. The lowest BCUT2D eigenvalue weighted by Crippen LogP contribution is -2.41. The highest BCUT2D eigenvalue weighted by atomic mass is 32.1. The van der Waals surface area contributed by atoms with Gasteiger partial charge in [0.15, 0.2) is 0 Å². The van der Waals surface area contributed by atoms with E-state index < -0.39 is 24.0 Å². The lowest BCUT2D eigenvalue weighted by Gasteiger charge is -2.14. The highest BCUT2D eigenvalue weighted by molar-refractivity contribution is 7.81. The molecular weight excluding hydrogens is 428 g/mol. The monoisotopic (exact) mass is 456 g/mol. The summed E-state index contributed by atoms with van der Waals surface area (Å²) >= 11 is 10.6. The normalized spacial score (nSPS) is 12.6. The summed E-state index contributed by atoms with van der Waals surface area (Å²) in [6, 6.07) is 13.1. The van der Waals surface area contributed by atoms with Crippen molar-refractivity contribution in [2.75, 3.05) is 0 Å². The number of hydrogen-bond donors (Lipinski definition) is 2. The molecule has 0 heterocycles. The molecule has 0 aliphatic heterocycles. The molecule has 164 valence electrons. The minimum Gasteiger partial charge on any atom is -0.391 e. The molecule has 2 aromatic carbocycles. The van der Waals surface area contributed by atoms with E-state index in [0.717, 1.165) is 44.8 Å². The molecule has 0 bridgehead atoms. The van der Waals surface area contributed by atoms with Gasteiger partial charge in [0.1, 0.15) is 12.1 Å². The molecule has 31 heavy (non-hydrogen) atoms. The van der Waals surface area contributed by atoms with Crippen molar-refractivity contribution >= 4 is 46.1 Å². The van der Waals surface area contributed by atoms with E-state index in [9.17, 15) is 9.59 Å². The zero-order valence-electron chi connectivity index (χ0n) is 17.8. The van der Waals surface area contributed by atoms with Gasteiger partial charge in [-0.3, -0.25) is 0 Å². The quantitative estimate of drug-likeness (QED) is 0.245. The summed E-state index contributed by atoms with van der Waals surface area (Å²) in [7, 11) is 0. The first-order chi connectivity index (χ1) is 14.7. The molecule has 0 unspecified atom stereocenters. The van der Waals surface area contributed by atoms with Gasteiger partial charge >= 0.3 is 11.9 Å². The number of nitrogens with two attached hydrogens (primary N) is 2. The maximum Gasteiger partial charge on any atom is 0.330 e. The van der Waals surface area contributed by atoms with Crippen molar-refractivity contribution in [2.45, 2.75) is 51.6 Å². The van der Waals surface area contributed by atoms with E-state index in [-0.39, 0.29) is 12.8 Å². The fourth-order valence-corrected chi connectivity index (χ4v) is 3.26. The Bertz CT molecular complexity index is 863. The van der Waals surface area contributed by atoms with E-state index in [4.69, 9.17) is 40.6 Å². The molecule has 2 atom stereocenters. The first kappa shape index (κ1) is 24.9. The summed E-state index contributed by atoms with van der Waals surface area (Å²) in [6.07, 6.45) is 2.08. The van der Waals surface area contributed by atoms with E-state index in [1.807, 2.05) is 62.4 Å². The van der Waals surface area contributed by atoms with Crippen molar-refractivity contribution in [3.8, 4) is 0 Å². The average molecular weight is 457 g/mol. The zero-order chi connectivity index (χ0) is 23.0. The van der Waals surface area contributed by atoms with Gasteiger partial charge in [-0.15, -0.1) is 0 Å². The van der Waals surface area contributed by atoms with Crippen molar-refractivity contribution in [3.05, 3.63) is 70.8 Å². The van der Waals surface area contributed by atoms with Crippen LogP contribution in [0.2, 0.25) is 0 Å². The third-order valence-electron chi connectivity index (χ3n) is 4.91. The van der Waals surface area contributed by atoms with E-state index in [2.05, 4.69) is 0 Å². The standard InChI is InChI=1S/C24H28N2O3S2/c1-3-21(30)17-9-5-15(6-10-17)13-19(25)23(27)29-24(28)20(26)14-16-7-11-18(12-8-16)22(31)4-2/h5-12,19-20H,3-4,13-14,25-26H2,1-2H3/t19-,20-/m0/s1. The maximum atomic E-state index is 12.2. The Labute approximate surface area is 194 Å². The molecule has 0 saturated heterocycles. The molecule has 7 heteroatoms. The van der Waals surface area contributed by atoms with Gasteiger partial charge in [-0.25, -0.2) is 9.59 Å². The van der Waals surface area contributed by atoms with Crippen molar-refractivity contribution in [2.24, 2.45) is 11.5 Å². The number of ether oxygens (including phenoxy) is 1. The summed E-state index contributed by atoms with van der Waals surface area (Å²) < 4.78 is 4.91. The number of benzene rings is 2. The van der Waals surface area contributed by atoms with Crippen LogP contribution in [0.4, 0.5) is 0 Å². The van der Waals surface area contributed by atoms with E-state index in [0.29, 0.717) is 0 Å². The van der Waals surface area contributed by atoms with Gasteiger partial charge in [0.2, 0.25) is 0 Å². The van der Waals surface area contributed by atoms with Crippen LogP contribution >= 0.6 is 24.4 Å². The zero-order valence-corrected chi connectivity index (χ0v) is 19.4. The van der Waals surface area contributed by atoms with Gasteiger partial charge in [0.25, 0.3) is 0 Å². The Morgan fingerprint density at radius 1 is 0.742 bits per heavy atom. The minimum absolute atomic E-state index is 0.249. The Balaban J connectivity index is 1.88. The van der Waals surface area contributed by atoms with Crippen LogP contribution in [0.3, 0.4) is 0 Å². The van der Waals surface area contributed by atoms with Gasteiger partial charge in [0.05, 0.1) is 0 Å². The van der Waals surface area contributed by atoms with E-state index >= 15 is 0 Å². The van der Waals surface area contributed by atoms with Gasteiger partial charge in [-0.05, 0) is 47.9 Å². The summed E-state index contributed by atoms with van der Waals surface area (Å²) in [6.45, 7) is 4.00. The summed E-state index contributed by atoms with van der Waals surface area (Å²) in [5, 5.41) is 0. The lowest BCUT2D eigenvalue weighted by atomic mass is 10.0. The van der Waals surface area contributed by atoms with Crippen molar-refractivity contribution in [1.29, 1.82) is 0 Å². The molecule has 0 aliphatic rings. The minimum atomic E-state index is -0.963. The molecule has 5 nitrogen and oxygen atoms in total. The molecule has 0 radical (unpaired) electrons. The Kier molecular flexibility index (Phi) is 9.58. The van der Waals surface area contributed by atoms with Crippen LogP contribution < -0.4 is 11.5 Å². The van der Waals surface area contributed by atoms with Crippen LogP contribution in [-0.2, 0) is 27.2 Å². The van der Waals surface area contributed by atoms with Crippen LogP contribution in [-0.4, -0.2) is 33.8 Å². The third-order valence-corrected chi connectivity index (χ3v) is 5.96. The first-order valence-electron chi connectivity index (χ1n) is 10.3. The molecule has 4 N–H and O–H groups in total. The van der Waals surface area contributed by atoms with Crippen LogP contribution in [0.5, 0.6) is 0 Å². The van der Waals surface area contributed by atoms with Crippen molar-refractivity contribution in [3.63, 3.8) is 0 Å². The molecule has 2 aromatic rings. The third kappa shape index (κ3) is 7.40. The van der Waals surface area contributed by atoms with Gasteiger partial charge < -0.3 is 16.2 Å². The largest absolute Gasteiger partial charge is 0.391 e. The van der Waals surface area contributed by atoms with Crippen LogP contribution in [0.1, 0.15) is 48.9 Å². The Hall–Kier alpha value is -2.32. The average Bonchev–Trinajstić information content (AvgIpc) is 2.78. The van der Waals surface area contributed by atoms with Crippen molar-refractivity contribution in [1.82, 2.24) is 0 Å². The SMILES string of the molecule is CCC(=S)c1ccc(C[C@H](N)C(=O)OC(=O)[C@@H](N)Cc2ccc(C(=S)CC)cc2)cc1. The summed E-state index contributed by atoms with van der Waals surface area (Å²) in [5.41, 5.74) is 15.5. The topological polar surface area (TPSA) is 95.4 Å². The molecule has 0 aromatic heterocycles. The molecule has 0 aliphatic carbocycles. The second-order valence-corrected chi connectivity index (χ2v) is 8.29. The number of rotatable bonds is 10. The van der Waals surface area contributed by atoms with E-state index in [1.165, 1.54) is 0 Å². The molecule has 0 spiro atoms.